The van der Waals surface area contributed by atoms with E-state index in [0.717, 1.165) is 6.26 Å². The molecule has 0 aliphatic carbocycles. The Labute approximate surface area is 156 Å². The van der Waals surface area contributed by atoms with Crippen LogP contribution in [0, 0.1) is 0 Å². The smallest absolute Gasteiger partial charge is 0.387 e. The van der Waals surface area contributed by atoms with E-state index in [4.69, 9.17) is 11.6 Å². The fourth-order valence-corrected chi connectivity index (χ4v) is 3.44. The lowest BCUT2D eigenvalue weighted by atomic mass is 10.2. The maximum atomic E-state index is 12.6. The van der Waals surface area contributed by atoms with Crippen LogP contribution in [0.3, 0.4) is 0 Å². The highest BCUT2D eigenvalue weighted by atomic mass is 79.9. The molecule has 0 spiro atoms. The van der Waals surface area contributed by atoms with Gasteiger partial charge in [-0.05, 0) is 52.3 Å². The number of hydrogen-bond acceptors (Lipinski definition) is 4. The predicted octanol–water partition coefficient (Wildman–Crippen LogP) is 4.36. The molecule has 0 aliphatic rings. The summed E-state index contributed by atoms with van der Waals surface area (Å²) in [5.74, 6) is -0.922. The van der Waals surface area contributed by atoms with E-state index in [2.05, 4.69) is 26.0 Å². The topological polar surface area (TPSA) is 72.5 Å². The Morgan fingerprint density at radius 2 is 1.84 bits per heavy atom. The van der Waals surface area contributed by atoms with Crippen LogP contribution in [-0.2, 0) is 9.84 Å². The Kier molecular flexibility index (Phi) is 6.02. The van der Waals surface area contributed by atoms with Crippen molar-refractivity contribution in [1.82, 2.24) is 0 Å². The summed E-state index contributed by atoms with van der Waals surface area (Å²) in [5.41, 5.74) is 0.0726. The molecule has 10 heteroatoms. The summed E-state index contributed by atoms with van der Waals surface area (Å²) in [5, 5.41) is 2.60. The number of carbonyl (C=O) groups is 1. The fourth-order valence-electron chi connectivity index (χ4n) is 1.91. The van der Waals surface area contributed by atoms with Gasteiger partial charge in [0.25, 0.3) is 5.91 Å². The molecule has 0 heterocycles. The van der Waals surface area contributed by atoms with Crippen molar-refractivity contribution in [2.45, 2.75) is 11.5 Å². The van der Waals surface area contributed by atoms with Gasteiger partial charge >= 0.3 is 6.61 Å². The van der Waals surface area contributed by atoms with Gasteiger partial charge in [-0.25, -0.2) is 8.42 Å². The normalized spacial score (nSPS) is 11.4. The molecule has 1 N–H and O–H groups in total. The summed E-state index contributed by atoms with van der Waals surface area (Å²) in [6, 6.07) is 7.75. The summed E-state index contributed by atoms with van der Waals surface area (Å²) in [4.78, 5) is 12.3. The van der Waals surface area contributed by atoms with E-state index in [-0.39, 0.29) is 31.4 Å². The Morgan fingerprint density at radius 1 is 1.24 bits per heavy atom. The van der Waals surface area contributed by atoms with Crippen molar-refractivity contribution in [2.24, 2.45) is 0 Å². The number of benzene rings is 2. The van der Waals surface area contributed by atoms with Crippen molar-refractivity contribution in [1.29, 1.82) is 0 Å². The zero-order valence-corrected chi connectivity index (χ0v) is 15.8. The molecule has 0 fully saturated rings. The lowest BCUT2D eigenvalue weighted by Gasteiger charge is -2.14. The fraction of sp³-hybridized carbons (Fsp3) is 0.133. The van der Waals surface area contributed by atoms with Crippen LogP contribution in [0.5, 0.6) is 5.75 Å². The number of anilines is 1. The van der Waals surface area contributed by atoms with Crippen molar-refractivity contribution in [3.05, 3.63) is 51.5 Å². The van der Waals surface area contributed by atoms with Crippen LogP contribution in [0.15, 0.2) is 45.8 Å². The average molecular weight is 455 g/mol. The van der Waals surface area contributed by atoms with Gasteiger partial charge in [0.1, 0.15) is 0 Å². The molecule has 0 unspecified atom stereocenters. The van der Waals surface area contributed by atoms with Gasteiger partial charge in [-0.2, -0.15) is 8.78 Å². The molecule has 5 nitrogen and oxygen atoms in total. The monoisotopic (exact) mass is 453 g/mol. The Balaban J connectivity index is 2.31. The van der Waals surface area contributed by atoms with E-state index in [9.17, 15) is 22.0 Å². The number of nitrogens with one attached hydrogen (secondary N) is 1. The highest BCUT2D eigenvalue weighted by molar-refractivity contribution is 9.10. The molecule has 134 valence electrons. The minimum Gasteiger partial charge on any atom is -0.431 e. The molecule has 0 bridgehead atoms. The van der Waals surface area contributed by atoms with Crippen LogP contribution >= 0.6 is 27.5 Å². The van der Waals surface area contributed by atoms with Gasteiger partial charge in [-0.3, -0.25) is 4.79 Å². The Hall–Kier alpha value is -1.71. The summed E-state index contributed by atoms with van der Waals surface area (Å²) in [6.07, 6.45) is 1.04. The third-order valence-corrected chi connectivity index (χ3v) is 4.94. The number of carbonyl (C=O) groups excluding carboxylic acids is 1. The van der Waals surface area contributed by atoms with Gasteiger partial charge in [0, 0.05) is 16.8 Å². The molecular formula is C15H11BrClF2NO4S. The first-order valence-electron chi connectivity index (χ1n) is 6.63. The highest BCUT2D eigenvalue weighted by Crippen LogP contribution is 2.37. The molecule has 0 saturated carbocycles. The number of hydrogen-bond donors (Lipinski definition) is 1. The van der Waals surface area contributed by atoms with Crippen molar-refractivity contribution >= 4 is 49.0 Å². The summed E-state index contributed by atoms with van der Waals surface area (Å²) in [6.45, 7) is -3.10. The van der Waals surface area contributed by atoms with E-state index in [0.29, 0.717) is 0 Å². The third-order valence-electron chi connectivity index (χ3n) is 3.01. The lowest BCUT2D eigenvalue weighted by molar-refractivity contribution is -0.0498. The van der Waals surface area contributed by atoms with Gasteiger partial charge in [-0.15, -0.1) is 0 Å². The first-order chi connectivity index (χ1) is 11.6. The van der Waals surface area contributed by atoms with Crippen LogP contribution in [0.4, 0.5) is 14.5 Å². The molecular weight excluding hydrogens is 444 g/mol. The minimum absolute atomic E-state index is 0.0521. The van der Waals surface area contributed by atoms with E-state index < -0.39 is 22.4 Å². The van der Waals surface area contributed by atoms with Crippen LogP contribution in [0.25, 0.3) is 0 Å². The summed E-state index contributed by atoms with van der Waals surface area (Å²) in [7, 11) is -3.39. The second kappa shape index (κ2) is 7.67. The standard InChI is InChI=1S/C15H11BrClF2NO4S/c1-25(22,23)10-4-2-8(3-5-10)14(21)20-12-7-9(17)6-11(16)13(12)24-15(18)19/h2-7,15H,1H3,(H,20,21). The lowest BCUT2D eigenvalue weighted by Crippen LogP contribution is -2.14. The highest BCUT2D eigenvalue weighted by Gasteiger charge is 2.18. The first kappa shape index (κ1) is 19.6. The van der Waals surface area contributed by atoms with Crippen molar-refractivity contribution in [3.8, 4) is 5.75 Å². The first-order valence-corrected chi connectivity index (χ1v) is 9.69. The van der Waals surface area contributed by atoms with E-state index in [1.807, 2.05) is 0 Å². The maximum Gasteiger partial charge on any atom is 0.387 e. The number of ether oxygens (including phenoxy) is 1. The van der Waals surface area contributed by atoms with E-state index >= 15 is 0 Å². The van der Waals surface area contributed by atoms with Crippen LogP contribution in [0.2, 0.25) is 5.02 Å². The number of amides is 1. The van der Waals surface area contributed by atoms with Crippen molar-refractivity contribution < 1.29 is 26.7 Å². The quantitative estimate of drug-likeness (QED) is 0.729. The van der Waals surface area contributed by atoms with Gasteiger partial charge in [0.2, 0.25) is 0 Å². The number of sulfone groups is 1. The molecule has 2 aromatic rings. The third kappa shape index (κ3) is 5.13. The SMILES string of the molecule is CS(=O)(=O)c1ccc(C(=O)Nc2cc(Cl)cc(Br)c2OC(F)F)cc1. The molecule has 0 aliphatic heterocycles. The predicted molar refractivity (Wildman–Crippen MR) is 93.3 cm³/mol. The summed E-state index contributed by atoms with van der Waals surface area (Å²) < 4.78 is 52.5. The summed E-state index contributed by atoms with van der Waals surface area (Å²) >= 11 is 8.91. The Morgan fingerprint density at radius 3 is 2.36 bits per heavy atom. The van der Waals surface area contributed by atoms with Crippen molar-refractivity contribution in [2.75, 3.05) is 11.6 Å². The van der Waals surface area contributed by atoms with Crippen LogP contribution in [-0.4, -0.2) is 27.2 Å². The van der Waals surface area contributed by atoms with Gasteiger partial charge in [0.15, 0.2) is 15.6 Å². The Bertz CT molecular complexity index is 904. The minimum atomic E-state index is -3.39. The molecule has 2 rings (SSSR count). The largest absolute Gasteiger partial charge is 0.431 e. The zero-order valence-electron chi connectivity index (χ0n) is 12.6. The molecule has 25 heavy (non-hydrogen) atoms. The van der Waals surface area contributed by atoms with Gasteiger partial charge in [-0.1, -0.05) is 11.6 Å². The average Bonchev–Trinajstić information content (AvgIpc) is 2.49. The van der Waals surface area contributed by atoms with E-state index in [1.165, 1.54) is 36.4 Å². The molecule has 0 atom stereocenters. The van der Waals surface area contributed by atoms with E-state index in [1.54, 1.807) is 0 Å². The second-order valence-electron chi connectivity index (χ2n) is 4.89. The molecule has 0 saturated heterocycles. The molecule has 2 aromatic carbocycles. The van der Waals surface area contributed by atoms with Crippen LogP contribution < -0.4 is 10.1 Å². The zero-order chi connectivity index (χ0) is 18.8. The van der Waals surface area contributed by atoms with Gasteiger partial charge < -0.3 is 10.1 Å². The van der Waals surface area contributed by atoms with Crippen LogP contribution in [0.1, 0.15) is 10.4 Å². The van der Waals surface area contributed by atoms with Gasteiger partial charge in [0.05, 0.1) is 15.1 Å². The molecule has 0 radical (unpaired) electrons. The van der Waals surface area contributed by atoms with Crippen molar-refractivity contribution in [3.63, 3.8) is 0 Å². The molecule has 0 aromatic heterocycles. The second-order valence-corrected chi connectivity index (χ2v) is 8.20. The maximum absolute atomic E-state index is 12.6. The molecule has 1 amide bonds. The number of halogens is 4. The number of rotatable bonds is 5. The number of alkyl halides is 2.